The number of fused-ring (bicyclic) bond motifs is 1. The minimum absolute atomic E-state index is 0.302. The summed E-state index contributed by atoms with van der Waals surface area (Å²) in [5.74, 6) is -0.302. The second-order valence-electron chi connectivity index (χ2n) is 2.45. The van der Waals surface area contributed by atoms with Gasteiger partial charge in [-0.25, -0.2) is 4.79 Å². The van der Waals surface area contributed by atoms with Gasteiger partial charge in [0.15, 0.2) is 5.01 Å². The number of cyclic esters (lactones) is 1. The lowest BCUT2D eigenvalue weighted by atomic mass is 10.1. The lowest BCUT2D eigenvalue weighted by Crippen LogP contribution is -1.92. The Morgan fingerprint density at radius 2 is 2.25 bits per heavy atom. The fourth-order valence-electron chi connectivity index (χ4n) is 1.13. The van der Waals surface area contributed by atoms with Crippen LogP contribution in [0.3, 0.4) is 0 Å². The van der Waals surface area contributed by atoms with Gasteiger partial charge >= 0.3 is 5.97 Å². The molecule has 0 N–H and O–H groups in total. The molecular formula is C8H4BrClO2. The molecule has 0 spiro atoms. The second-order valence-corrected chi connectivity index (χ2v) is 3.72. The predicted octanol–water partition coefficient (Wildman–Crippen LogP) is 2.90. The van der Waals surface area contributed by atoms with Gasteiger partial charge in [-0.05, 0) is 34.1 Å². The molecule has 1 aliphatic rings. The van der Waals surface area contributed by atoms with Crippen LogP contribution in [-0.2, 0) is 4.74 Å². The third kappa shape index (κ3) is 1.13. The van der Waals surface area contributed by atoms with Gasteiger partial charge in [-0.1, -0.05) is 11.6 Å². The first-order chi connectivity index (χ1) is 5.68. The van der Waals surface area contributed by atoms with Crippen molar-refractivity contribution in [3.05, 3.63) is 34.3 Å². The average Bonchev–Trinajstić information content (AvgIpc) is 2.28. The molecule has 2 rings (SSSR count). The van der Waals surface area contributed by atoms with Crippen molar-refractivity contribution in [1.29, 1.82) is 0 Å². The average molecular weight is 247 g/mol. The predicted molar refractivity (Wildman–Crippen MR) is 48.5 cm³/mol. The van der Waals surface area contributed by atoms with Gasteiger partial charge in [-0.2, -0.15) is 0 Å². The highest BCUT2D eigenvalue weighted by Gasteiger charge is 2.28. The van der Waals surface area contributed by atoms with Gasteiger partial charge in [0.2, 0.25) is 0 Å². The quantitative estimate of drug-likeness (QED) is 0.520. The van der Waals surface area contributed by atoms with Crippen molar-refractivity contribution >= 4 is 33.5 Å². The molecule has 0 fully saturated rings. The van der Waals surface area contributed by atoms with Crippen LogP contribution in [0.1, 0.15) is 20.9 Å². The van der Waals surface area contributed by atoms with Crippen molar-refractivity contribution < 1.29 is 9.53 Å². The van der Waals surface area contributed by atoms with E-state index in [9.17, 15) is 4.79 Å². The van der Waals surface area contributed by atoms with Gasteiger partial charge in [-0.15, -0.1) is 0 Å². The molecule has 4 heteroatoms. The maximum Gasteiger partial charge on any atom is 0.340 e. The second kappa shape index (κ2) is 2.75. The number of halogens is 2. The van der Waals surface area contributed by atoms with Gasteiger partial charge in [0, 0.05) is 10.6 Å². The molecule has 2 nitrogen and oxygen atoms in total. The summed E-state index contributed by atoms with van der Waals surface area (Å²) in [4.78, 5) is 11.1. The highest BCUT2D eigenvalue weighted by molar-refractivity contribution is 9.09. The monoisotopic (exact) mass is 246 g/mol. The SMILES string of the molecule is O=C1OC(Br)c2cc(Cl)ccc21. The molecule has 0 aliphatic carbocycles. The van der Waals surface area contributed by atoms with Crippen LogP contribution in [0.4, 0.5) is 0 Å². The Hall–Kier alpha value is -0.540. The van der Waals surface area contributed by atoms with E-state index >= 15 is 0 Å². The smallest absolute Gasteiger partial charge is 0.340 e. The number of hydrogen-bond donors (Lipinski definition) is 0. The first-order valence-corrected chi connectivity index (χ1v) is 4.62. The van der Waals surface area contributed by atoms with Crippen molar-refractivity contribution in [2.45, 2.75) is 5.01 Å². The fraction of sp³-hybridized carbons (Fsp3) is 0.125. The summed E-state index contributed by atoms with van der Waals surface area (Å²) in [5.41, 5.74) is 1.38. The van der Waals surface area contributed by atoms with Crippen molar-refractivity contribution in [1.82, 2.24) is 0 Å². The van der Waals surface area contributed by atoms with Crippen molar-refractivity contribution in [3.63, 3.8) is 0 Å². The van der Waals surface area contributed by atoms with Crippen LogP contribution in [0.15, 0.2) is 18.2 Å². The maximum absolute atomic E-state index is 11.1. The molecule has 0 amide bonds. The van der Waals surface area contributed by atoms with E-state index in [0.717, 1.165) is 5.56 Å². The first-order valence-electron chi connectivity index (χ1n) is 3.33. The molecule has 1 aromatic carbocycles. The molecule has 1 aliphatic heterocycles. The topological polar surface area (TPSA) is 26.3 Å². The Kier molecular flexibility index (Phi) is 1.85. The lowest BCUT2D eigenvalue weighted by Gasteiger charge is -1.99. The normalized spacial score (nSPS) is 20.5. The van der Waals surface area contributed by atoms with Gasteiger partial charge in [0.05, 0.1) is 5.56 Å². The van der Waals surface area contributed by atoms with Crippen LogP contribution in [-0.4, -0.2) is 5.97 Å². The molecule has 0 saturated carbocycles. The van der Waals surface area contributed by atoms with Gasteiger partial charge in [0.25, 0.3) is 0 Å². The molecule has 0 radical (unpaired) electrons. The highest BCUT2D eigenvalue weighted by atomic mass is 79.9. The summed E-state index contributed by atoms with van der Waals surface area (Å²) in [6.45, 7) is 0. The Morgan fingerprint density at radius 3 is 3.00 bits per heavy atom. The number of ether oxygens (including phenoxy) is 1. The molecule has 1 unspecified atom stereocenters. The Bertz CT molecular complexity index is 351. The zero-order chi connectivity index (χ0) is 8.72. The van der Waals surface area contributed by atoms with E-state index in [2.05, 4.69) is 15.9 Å². The fourth-order valence-corrected chi connectivity index (χ4v) is 1.86. The van der Waals surface area contributed by atoms with Gasteiger partial charge < -0.3 is 4.74 Å². The van der Waals surface area contributed by atoms with Crippen molar-refractivity contribution in [2.24, 2.45) is 0 Å². The summed E-state index contributed by atoms with van der Waals surface area (Å²) in [7, 11) is 0. The zero-order valence-corrected chi connectivity index (χ0v) is 8.22. The number of carbonyl (C=O) groups excluding carboxylic acids is 1. The van der Waals surface area contributed by atoms with Crippen LogP contribution in [0.5, 0.6) is 0 Å². The summed E-state index contributed by atoms with van der Waals surface area (Å²) in [6.07, 6.45) is 0. The molecule has 0 saturated heterocycles. The standard InChI is InChI=1S/C8H4BrClO2/c9-7-6-3-4(10)1-2-5(6)8(11)12-7/h1-3,7H. The number of carbonyl (C=O) groups is 1. The van der Waals surface area contributed by atoms with Crippen LogP contribution in [0.2, 0.25) is 5.02 Å². The molecule has 1 atom stereocenters. The summed E-state index contributed by atoms with van der Waals surface area (Å²) >= 11 is 8.96. The van der Waals surface area contributed by atoms with Crippen LogP contribution in [0.25, 0.3) is 0 Å². The van der Waals surface area contributed by atoms with Crippen molar-refractivity contribution in [2.75, 3.05) is 0 Å². The Labute approximate surface area is 82.6 Å². The number of rotatable bonds is 0. The minimum Gasteiger partial charge on any atom is -0.442 e. The molecule has 1 aromatic rings. The first kappa shape index (κ1) is 8.08. The van der Waals surface area contributed by atoms with Crippen LogP contribution >= 0.6 is 27.5 Å². The summed E-state index contributed by atoms with van der Waals surface area (Å²) in [6, 6.07) is 5.06. The van der Waals surface area contributed by atoms with E-state index < -0.39 is 0 Å². The molecule has 0 bridgehead atoms. The number of alkyl halides is 1. The molecule has 0 aromatic heterocycles. The van der Waals surface area contributed by atoms with Crippen LogP contribution in [0, 0.1) is 0 Å². The van der Waals surface area contributed by atoms with Gasteiger partial charge in [0.1, 0.15) is 0 Å². The molecule has 1 heterocycles. The summed E-state index contributed by atoms with van der Waals surface area (Å²) < 4.78 is 4.91. The van der Waals surface area contributed by atoms with Crippen LogP contribution < -0.4 is 0 Å². The third-order valence-corrected chi connectivity index (χ3v) is 2.60. The van der Waals surface area contributed by atoms with Crippen molar-refractivity contribution in [3.8, 4) is 0 Å². The molecule has 62 valence electrons. The third-order valence-electron chi connectivity index (χ3n) is 1.69. The van der Waals surface area contributed by atoms with E-state index in [4.69, 9.17) is 16.3 Å². The maximum atomic E-state index is 11.1. The van der Waals surface area contributed by atoms with E-state index in [1.54, 1.807) is 18.2 Å². The van der Waals surface area contributed by atoms with E-state index in [1.807, 2.05) is 0 Å². The Balaban J connectivity index is 2.60. The number of benzene rings is 1. The largest absolute Gasteiger partial charge is 0.442 e. The minimum atomic E-state index is -0.348. The lowest BCUT2D eigenvalue weighted by molar-refractivity contribution is 0.0530. The zero-order valence-electron chi connectivity index (χ0n) is 5.88. The van der Waals surface area contributed by atoms with E-state index in [-0.39, 0.29) is 11.0 Å². The van der Waals surface area contributed by atoms with E-state index in [1.165, 1.54) is 0 Å². The highest BCUT2D eigenvalue weighted by Crippen LogP contribution is 2.36. The number of esters is 1. The molecule has 12 heavy (non-hydrogen) atoms. The van der Waals surface area contributed by atoms with Gasteiger partial charge in [-0.3, -0.25) is 0 Å². The Morgan fingerprint density at radius 1 is 1.50 bits per heavy atom. The van der Waals surface area contributed by atoms with E-state index in [0.29, 0.717) is 10.6 Å². The molecular weight excluding hydrogens is 243 g/mol. The number of hydrogen-bond acceptors (Lipinski definition) is 2. The summed E-state index contributed by atoms with van der Waals surface area (Å²) in [5, 5.41) is 0.259.